The van der Waals surface area contributed by atoms with E-state index < -0.39 is 0 Å². The molecule has 0 aliphatic carbocycles. The fourth-order valence-corrected chi connectivity index (χ4v) is 4.15. The van der Waals surface area contributed by atoms with Gasteiger partial charge in [-0.3, -0.25) is 4.79 Å². The van der Waals surface area contributed by atoms with Crippen LogP contribution >= 0.6 is 27.5 Å². The van der Waals surface area contributed by atoms with Gasteiger partial charge in [0.05, 0.1) is 11.0 Å². The first-order valence-electron chi connectivity index (χ1n) is 10.8. The number of imidazole rings is 1. The number of unbranched alkanes of at least 4 members (excludes halogenated alkanes) is 2. The minimum atomic E-state index is -0.0574. The molecule has 0 aliphatic rings. The van der Waals surface area contributed by atoms with Crippen LogP contribution in [0, 0.1) is 0 Å². The van der Waals surface area contributed by atoms with Crippen LogP contribution in [0.4, 0.5) is 0 Å². The minimum absolute atomic E-state index is 0.0574. The third kappa shape index (κ3) is 5.78. The predicted molar refractivity (Wildman–Crippen MR) is 134 cm³/mol. The van der Waals surface area contributed by atoms with E-state index in [4.69, 9.17) is 16.6 Å². The Morgan fingerprint density at radius 3 is 2.47 bits per heavy atom. The summed E-state index contributed by atoms with van der Waals surface area (Å²) in [6, 6.07) is 23.7. The van der Waals surface area contributed by atoms with Gasteiger partial charge in [-0.2, -0.15) is 0 Å². The molecule has 0 saturated carbocycles. The summed E-state index contributed by atoms with van der Waals surface area (Å²) < 4.78 is 3.40. The van der Waals surface area contributed by atoms with Gasteiger partial charge in [-0.15, -0.1) is 0 Å². The maximum absolute atomic E-state index is 12.2. The van der Waals surface area contributed by atoms with Crippen LogP contribution in [-0.4, -0.2) is 22.0 Å². The number of nitrogens with one attached hydrogen (secondary N) is 1. The number of carbonyl (C=O) groups excluding carboxylic acids is 1. The zero-order valence-electron chi connectivity index (χ0n) is 17.7. The summed E-state index contributed by atoms with van der Waals surface area (Å²) in [7, 11) is 0. The van der Waals surface area contributed by atoms with Gasteiger partial charge in [0.1, 0.15) is 5.82 Å². The van der Waals surface area contributed by atoms with Crippen molar-refractivity contribution < 1.29 is 4.79 Å². The van der Waals surface area contributed by atoms with Gasteiger partial charge in [-0.25, -0.2) is 4.98 Å². The average molecular weight is 511 g/mol. The number of benzene rings is 3. The number of aryl methyl sites for hydroxylation is 1. The van der Waals surface area contributed by atoms with Gasteiger partial charge in [-0.1, -0.05) is 58.2 Å². The normalized spacial score (nSPS) is 11.1. The molecule has 4 nitrogen and oxygen atoms in total. The quantitative estimate of drug-likeness (QED) is 0.256. The Hall–Kier alpha value is -2.63. The van der Waals surface area contributed by atoms with E-state index in [1.54, 1.807) is 24.3 Å². The molecule has 1 aromatic heterocycles. The third-order valence-electron chi connectivity index (χ3n) is 5.46. The lowest BCUT2D eigenvalue weighted by Gasteiger charge is -2.10. The summed E-state index contributed by atoms with van der Waals surface area (Å²) in [6.45, 7) is 1.47. The highest BCUT2D eigenvalue weighted by molar-refractivity contribution is 9.10. The molecule has 32 heavy (non-hydrogen) atoms. The molecule has 4 aromatic rings. The highest BCUT2D eigenvalue weighted by Crippen LogP contribution is 2.20. The van der Waals surface area contributed by atoms with Crippen LogP contribution in [0.15, 0.2) is 77.3 Å². The van der Waals surface area contributed by atoms with Gasteiger partial charge in [0.25, 0.3) is 5.91 Å². The molecule has 1 amide bonds. The summed E-state index contributed by atoms with van der Waals surface area (Å²) in [5, 5.41) is 3.61. The number of rotatable bonds is 9. The largest absolute Gasteiger partial charge is 0.352 e. The predicted octanol–water partition coefficient (Wildman–Crippen LogP) is 6.64. The molecule has 0 atom stereocenters. The van der Waals surface area contributed by atoms with Crippen molar-refractivity contribution in [1.82, 2.24) is 14.9 Å². The first-order chi connectivity index (χ1) is 15.6. The van der Waals surface area contributed by atoms with Crippen LogP contribution < -0.4 is 5.32 Å². The summed E-state index contributed by atoms with van der Waals surface area (Å²) >= 11 is 9.38. The van der Waals surface area contributed by atoms with E-state index in [1.807, 2.05) is 6.07 Å². The Morgan fingerprint density at radius 2 is 1.69 bits per heavy atom. The number of amides is 1. The van der Waals surface area contributed by atoms with E-state index in [0.717, 1.165) is 48.0 Å². The first kappa shape index (κ1) is 22.6. The summed E-state index contributed by atoms with van der Waals surface area (Å²) in [5.74, 6) is 1.05. The molecule has 1 N–H and O–H groups in total. The maximum atomic E-state index is 12.2. The zero-order valence-corrected chi connectivity index (χ0v) is 20.1. The molecule has 6 heteroatoms. The number of halogens is 2. The molecule has 0 saturated heterocycles. The van der Waals surface area contributed by atoms with Crippen LogP contribution in [0.25, 0.3) is 11.0 Å². The van der Waals surface area contributed by atoms with Gasteiger partial charge >= 0.3 is 0 Å². The van der Waals surface area contributed by atoms with Crippen molar-refractivity contribution in [1.29, 1.82) is 0 Å². The Labute approximate surface area is 201 Å². The minimum Gasteiger partial charge on any atom is -0.352 e. The SMILES string of the molecule is O=C(NCCCCCc1nc2ccccc2n1Cc1ccc(Br)cc1)c1ccc(Cl)cc1. The highest BCUT2D eigenvalue weighted by Gasteiger charge is 2.11. The molecule has 0 aliphatic heterocycles. The molecular formula is C26H25BrClN3O. The van der Waals surface area contributed by atoms with Crippen molar-refractivity contribution in [3.63, 3.8) is 0 Å². The standard InChI is InChI=1S/C26H25BrClN3O/c27-21-13-9-19(10-14-21)18-31-24-7-4-3-6-23(24)30-25(31)8-2-1-5-17-29-26(32)20-11-15-22(28)16-12-20/h3-4,6-7,9-16H,1-2,5,8,17-18H2,(H,29,32). The van der Waals surface area contributed by atoms with Crippen LogP contribution in [-0.2, 0) is 13.0 Å². The number of fused-ring (bicyclic) bond motifs is 1. The van der Waals surface area contributed by atoms with Crippen molar-refractivity contribution in [2.75, 3.05) is 6.54 Å². The molecule has 0 bridgehead atoms. The van der Waals surface area contributed by atoms with E-state index in [9.17, 15) is 4.79 Å². The highest BCUT2D eigenvalue weighted by atomic mass is 79.9. The summed E-state index contributed by atoms with van der Waals surface area (Å²) in [5.41, 5.74) is 4.09. The topological polar surface area (TPSA) is 46.9 Å². The van der Waals surface area contributed by atoms with Gasteiger partial charge in [0.15, 0.2) is 0 Å². The van der Waals surface area contributed by atoms with Crippen molar-refractivity contribution >= 4 is 44.5 Å². The second-order valence-corrected chi connectivity index (χ2v) is 9.15. The smallest absolute Gasteiger partial charge is 0.251 e. The lowest BCUT2D eigenvalue weighted by atomic mass is 10.1. The Kier molecular flexibility index (Phi) is 7.61. The molecule has 4 rings (SSSR count). The molecule has 3 aromatic carbocycles. The fraction of sp³-hybridized carbons (Fsp3) is 0.231. The number of hydrogen-bond acceptors (Lipinski definition) is 2. The van der Waals surface area contributed by atoms with Gasteiger partial charge in [-0.05, 0) is 66.9 Å². The van der Waals surface area contributed by atoms with Crippen molar-refractivity contribution in [2.24, 2.45) is 0 Å². The van der Waals surface area contributed by atoms with Gasteiger partial charge in [0, 0.05) is 34.6 Å². The van der Waals surface area contributed by atoms with Gasteiger partial charge in [0.2, 0.25) is 0 Å². The maximum Gasteiger partial charge on any atom is 0.251 e. The Bertz CT molecular complexity index is 1190. The Balaban J connectivity index is 1.31. The molecule has 0 spiro atoms. The molecule has 0 fully saturated rings. The first-order valence-corrected chi connectivity index (χ1v) is 12.0. The summed E-state index contributed by atoms with van der Waals surface area (Å²) in [4.78, 5) is 17.1. The Morgan fingerprint density at radius 1 is 0.938 bits per heavy atom. The number of para-hydroxylation sites is 2. The van der Waals surface area contributed by atoms with E-state index in [1.165, 1.54) is 11.1 Å². The third-order valence-corrected chi connectivity index (χ3v) is 6.24. The van der Waals surface area contributed by atoms with Crippen LogP contribution in [0.5, 0.6) is 0 Å². The fourth-order valence-electron chi connectivity index (χ4n) is 3.76. The average Bonchev–Trinajstić information content (AvgIpc) is 3.15. The van der Waals surface area contributed by atoms with E-state index in [-0.39, 0.29) is 5.91 Å². The molecule has 1 heterocycles. The van der Waals surface area contributed by atoms with Crippen LogP contribution in [0.3, 0.4) is 0 Å². The van der Waals surface area contributed by atoms with Crippen LogP contribution in [0.1, 0.15) is 41.0 Å². The van der Waals surface area contributed by atoms with Gasteiger partial charge < -0.3 is 9.88 Å². The van der Waals surface area contributed by atoms with Crippen LogP contribution in [0.2, 0.25) is 5.02 Å². The number of nitrogens with zero attached hydrogens (tertiary/aromatic N) is 2. The monoisotopic (exact) mass is 509 g/mol. The number of hydrogen-bond donors (Lipinski definition) is 1. The zero-order chi connectivity index (χ0) is 22.3. The van der Waals surface area contributed by atoms with Crippen molar-refractivity contribution in [3.8, 4) is 0 Å². The van der Waals surface area contributed by atoms with E-state index in [2.05, 4.69) is 68.3 Å². The second-order valence-electron chi connectivity index (χ2n) is 7.80. The van der Waals surface area contributed by atoms with Crippen molar-refractivity contribution in [2.45, 2.75) is 32.2 Å². The molecular weight excluding hydrogens is 486 g/mol. The second kappa shape index (κ2) is 10.8. The number of carbonyl (C=O) groups is 1. The lowest BCUT2D eigenvalue weighted by molar-refractivity contribution is 0.0953. The summed E-state index contributed by atoms with van der Waals surface area (Å²) in [6.07, 6.45) is 3.91. The number of aromatic nitrogens is 2. The van der Waals surface area contributed by atoms with E-state index >= 15 is 0 Å². The molecule has 164 valence electrons. The van der Waals surface area contributed by atoms with Crippen molar-refractivity contribution in [3.05, 3.63) is 99.2 Å². The molecule has 0 radical (unpaired) electrons. The molecule has 0 unspecified atom stereocenters. The van der Waals surface area contributed by atoms with E-state index in [0.29, 0.717) is 17.1 Å². The lowest BCUT2D eigenvalue weighted by Crippen LogP contribution is -2.24.